The van der Waals surface area contributed by atoms with E-state index in [4.69, 9.17) is 15.0 Å². The van der Waals surface area contributed by atoms with Crippen LogP contribution in [-0.4, -0.2) is 57.3 Å². The molecule has 0 radical (unpaired) electrons. The predicted molar refractivity (Wildman–Crippen MR) is 193 cm³/mol. The minimum atomic E-state index is -0.514. The van der Waals surface area contributed by atoms with Crippen LogP contribution in [0.15, 0.2) is 54.6 Å². The molecule has 2 aliphatic heterocycles. The number of hydrogen-bond acceptors (Lipinski definition) is 13. The van der Waals surface area contributed by atoms with Gasteiger partial charge in [-0.25, -0.2) is 0 Å². The standard InChI is InChI=1S/C30H33N7O3.ClH.4H3N.4H2/c38-24-14-11-20-9-3-4-10-22(20)26(24)27(40)32-23-13-12-21(19-25(23)39)31-28-33-29(36-15-5-1-6-16-36)35-30(34-28)37-17-7-2-8-18-37;;;;;;;;;/h3-4,9-14,19,38-39H,1-2,5-8,15-18H2,(H,32,40)(H,31,33,34,35);1H;4*1H3;4*1H. The van der Waals surface area contributed by atoms with Crippen LogP contribution in [0.1, 0.15) is 54.6 Å². The maximum atomic E-state index is 13.1. The molecule has 0 spiro atoms. The largest absolute Gasteiger partial charge is 0.507 e. The van der Waals surface area contributed by atoms with Gasteiger partial charge in [0.15, 0.2) is 0 Å². The highest BCUT2D eigenvalue weighted by Crippen LogP contribution is 2.32. The Labute approximate surface area is 275 Å². The van der Waals surface area contributed by atoms with Crippen molar-refractivity contribution in [2.75, 3.05) is 46.6 Å². The average molecular weight is 652 g/mol. The molecule has 2 aliphatic rings. The van der Waals surface area contributed by atoms with Gasteiger partial charge < -0.3 is 55.2 Å². The number of hydrogen-bond donors (Lipinski definition) is 8. The van der Waals surface area contributed by atoms with E-state index in [1.807, 2.05) is 18.2 Å². The van der Waals surface area contributed by atoms with E-state index in [1.54, 1.807) is 24.3 Å². The zero-order chi connectivity index (χ0) is 27.5. The van der Waals surface area contributed by atoms with Crippen LogP contribution < -0.4 is 45.0 Å². The van der Waals surface area contributed by atoms with Crippen molar-refractivity contribution in [3.05, 3.63) is 60.2 Å². The minimum absolute atomic E-state index is 0. The summed E-state index contributed by atoms with van der Waals surface area (Å²) in [4.78, 5) is 31.8. The van der Waals surface area contributed by atoms with Crippen molar-refractivity contribution < 1.29 is 20.7 Å². The molecule has 16 N–H and O–H groups in total. The summed E-state index contributed by atoms with van der Waals surface area (Å²) in [7, 11) is 0. The summed E-state index contributed by atoms with van der Waals surface area (Å²) >= 11 is 0. The molecule has 0 atom stereocenters. The van der Waals surface area contributed by atoms with Crippen LogP contribution >= 0.6 is 12.4 Å². The lowest BCUT2D eigenvalue weighted by molar-refractivity contribution is 0.102. The van der Waals surface area contributed by atoms with Crippen molar-refractivity contribution >= 4 is 58.3 Å². The van der Waals surface area contributed by atoms with E-state index in [9.17, 15) is 15.0 Å². The number of phenols is 2. The SMILES string of the molecule is Cl.N.N.N.N.O=C(Nc1ccc(Nc2nc(N3CCCCC3)nc(N3CCCCC3)n2)cc1O)c1c(O)ccc2ccccc12.[HH].[HH].[HH].[HH]. The molecule has 2 fully saturated rings. The average Bonchev–Trinajstić information content (AvgIpc) is 2.99. The summed E-state index contributed by atoms with van der Waals surface area (Å²) in [6, 6.07) is 15.5. The number of piperidine rings is 2. The molecule has 4 aromatic rings. The first-order valence-corrected chi connectivity index (χ1v) is 13.9. The van der Waals surface area contributed by atoms with Gasteiger partial charge in [0.25, 0.3) is 5.91 Å². The van der Waals surface area contributed by atoms with Gasteiger partial charge in [0, 0.05) is 43.6 Å². The van der Waals surface area contributed by atoms with Crippen molar-refractivity contribution in [1.29, 1.82) is 0 Å². The molecular weight excluding hydrogens is 598 g/mol. The van der Waals surface area contributed by atoms with Crippen LogP contribution in [0.3, 0.4) is 0 Å². The lowest BCUT2D eigenvalue weighted by Gasteiger charge is -2.30. The van der Waals surface area contributed by atoms with Crippen molar-refractivity contribution in [1.82, 2.24) is 39.6 Å². The van der Waals surface area contributed by atoms with E-state index < -0.39 is 5.91 Å². The highest BCUT2D eigenvalue weighted by molar-refractivity contribution is 6.15. The Bertz CT molecular complexity index is 1530. The normalized spacial score (nSPS) is 14.0. The number of carbonyl (C=O) groups is 1. The molecule has 2 saturated heterocycles. The molecule has 3 heterocycles. The van der Waals surface area contributed by atoms with Crippen molar-refractivity contribution in [3.8, 4) is 11.5 Å². The van der Waals surface area contributed by atoms with Crippen molar-refractivity contribution in [2.24, 2.45) is 0 Å². The Morgan fingerprint density at radius 2 is 1.29 bits per heavy atom. The molecule has 254 valence electrons. The van der Waals surface area contributed by atoms with Crippen LogP contribution in [0.25, 0.3) is 10.8 Å². The van der Waals surface area contributed by atoms with Gasteiger partial charge in [0.2, 0.25) is 17.8 Å². The molecule has 14 nitrogen and oxygen atoms in total. The molecule has 1 amide bonds. The van der Waals surface area contributed by atoms with Gasteiger partial charge in [0.1, 0.15) is 11.5 Å². The third kappa shape index (κ3) is 8.59. The number of benzene rings is 3. The summed E-state index contributed by atoms with van der Waals surface area (Å²) in [5.41, 5.74) is 0.950. The van der Waals surface area contributed by atoms with E-state index >= 15 is 0 Å². The van der Waals surface area contributed by atoms with Crippen molar-refractivity contribution in [3.63, 3.8) is 0 Å². The predicted octanol–water partition coefficient (Wildman–Crippen LogP) is 7.47. The second-order valence-electron chi connectivity index (χ2n) is 10.3. The number of anilines is 5. The second-order valence-corrected chi connectivity index (χ2v) is 10.3. The number of carbonyl (C=O) groups excluding carboxylic acids is 1. The molecule has 0 bridgehead atoms. The van der Waals surface area contributed by atoms with E-state index in [1.165, 1.54) is 25.0 Å². The van der Waals surface area contributed by atoms with Crippen molar-refractivity contribution in [2.45, 2.75) is 38.5 Å². The zero-order valence-corrected chi connectivity index (χ0v) is 26.4. The quantitative estimate of drug-likeness (QED) is 0.0940. The maximum absolute atomic E-state index is 13.1. The van der Waals surface area contributed by atoms with E-state index in [0.29, 0.717) is 28.9 Å². The number of nitrogens with one attached hydrogen (secondary N) is 2. The number of halogens is 1. The molecule has 0 saturated carbocycles. The molecule has 1 aromatic heterocycles. The van der Waals surface area contributed by atoms with Gasteiger partial charge in [-0.15, -0.1) is 12.4 Å². The summed E-state index contributed by atoms with van der Waals surface area (Å²) in [6.07, 6.45) is 6.90. The van der Waals surface area contributed by atoms with Gasteiger partial charge in [0.05, 0.1) is 11.3 Å². The Hall–Kier alpha value is -4.47. The molecule has 0 aliphatic carbocycles. The van der Waals surface area contributed by atoms with Gasteiger partial charge >= 0.3 is 0 Å². The van der Waals surface area contributed by atoms with E-state index in [2.05, 4.69) is 20.4 Å². The number of rotatable bonds is 6. The summed E-state index contributed by atoms with van der Waals surface area (Å²) in [5.74, 6) is 0.979. The smallest absolute Gasteiger partial charge is 0.260 e. The van der Waals surface area contributed by atoms with E-state index in [0.717, 1.165) is 57.2 Å². The lowest BCUT2D eigenvalue weighted by atomic mass is 10.0. The number of amides is 1. The Kier molecular flexibility index (Phi) is 14.7. The van der Waals surface area contributed by atoms with Crippen LogP contribution in [0.4, 0.5) is 29.2 Å². The fraction of sp³-hybridized carbons (Fsp3) is 0.333. The zero-order valence-electron chi connectivity index (χ0n) is 25.5. The van der Waals surface area contributed by atoms with Gasteiger partial charge in [-0.1, -0.05) is 30.3 Å². The molecule has 45 heavy (non-hydrogen) atoms. The maximum Gasteiger partial charge on any atom is 0.260 e. The molecule has 6 rings (SSSR count). The summed E-state index contributed by atoms with van der Waals surface area (Å²) in [6.45, 7) is 3.68. The first-order valence-electron chi connectivity index (χ1n) is 13.9. The third-order valence-electron chi connectivity index (χ3n) is 7.53. The number of fused-ring (bicyclic) bond motifs is 1. The molecule has 3 aromatic carbocycles. The van der Waals surface area contributed by atoms with Gasteiger partial charge in [-0.05, 0) is 67.5 Å². The lowest BCUT2D eigenvalue weighted by Crippen LogP contribution is -2.34. The summed E-state index contributed by atoms with van der Waals surface area (Å²) < 4.78 is 0. The van der Waals surface area contributed by atoms with Crippen LogP contribution in [-0.2, 0) is 0 Å². The summed E-state index contributed by atoms with van der Waals surface area (Å²) in [5, 5.41) is 28.6. The number of nitrogens with zero attached hydrogens (tertiary/aromatic N) is 5. The first kappa shape index (κ1) is 38.6. The van der Waals surface area contributed by atoms with Crippen LogP contribution in [0.5, 0.6) is 11.5 Å². The number of phenolic OH excluding ortho intramolecular Hbond substituents is 2. The fourth-order valence-corrected chi connectivity index (χ4v) is 5.41. The Morgan fingerprint density at radius 3 is 1.87 bits per heavy atom. The fourth-order valence-electron chi connectivity index (χ4n) is 5.41. The Morgan fingerprint density at radius 1 is 0.711 bits per heavy atom. The van der Waals surface area contributed by atoms with Gasteiger partial charge in [-0.3, -0.25) is 4.79 Å². The van der Waals surface area contributed by atoms with Crippen LogP contribution in [0, 0.1) is 0 Å². The number of aromatic hydroxyl groups is 2. The monoisotopic (exact) mass is 651 g/mol. The van der Waals surface area contributed by atoms with Gasteiger partial charge in [-0.2, -0.15) is 15.0 Å². The van der Waals surface area contributed by atoms with E-state index in [-0.39, 0.29) is 65.5 Å². The number of aromatic nitrogens is 3. The minimum Gasteiger partial charge on any atom is -0.507 e. The topological polar surface area (TPSA) is 267 Å². The molecular formula is C30H54ClN11O3. The molecule has 15 heteroatoms. The Balaban J connectivity index is -0.00000112. The first-order chi connectivity index (χ1) is 19.5. The highest BCUT2D eigenvalue weighted by atomic mass is 35.5. The van der Waals surface area contributed by atoms with Crippen LogP contribution in [0.2, 0.25) is 0 Å². The molecule has 0 unspecified atom stereocenters. The highest BCUT2D eigenvalue weighted by Gasteiger charge is 2.21. The second kappa shape index (κ2) is 17.1. The third-order valence-corrected chi connectivity index (χ3v) is 7.53.